The summed E-state index contributed by atoms with van der Waals surface area (Å²) in [6, 6.07) is 20.2. The third-order valence-corrected chi connectivity index (χ3v) is 2.42. The van der Waals surface area contributed by atoms with Crippen molar-refractivity contribution in [3.8, 4) is 0 Å². The first-order chi connectivity index (χ1) is 8.42. The van der Waals surface area contributed by atoms with Crippen molar-refractivity contribution in [2.75, 3.05) is 6.61 Å². The Labute approximate surface area is 102 Å². The number of hydrogen-bond acceptors (Lipinski definition) is 1. The molecule has 0 amide bonds. The Kier molecular flexibility index (Phi) is 4.11. The van der Waals surface area contributed by atoms with Gasteiger partial charge in [-0.15, -0.1) is 6.58 Å². The molecule has 0 aromatic heterocycles. The summed E-state index contributed by atoms with van der Waals surface area (Å²) >= 11 is 0. The SMILES string of the molecule is C=CCO[C](c1ccccc1)c1ccccc1. The average Bonchev–Trinajstić information content (AvgIpc) is 2.42. The first-order valence-electron chi connectivity index (χ1n) is 5.63. The molecule has 85 valence electrons. The molecule has 0 fully saturated rings. The van der Waals surface area contributed by atoms with Gasteiger partial charge in [0.1, 0.15) is 0 Å². The van der Waals surface area contributed by atoms with Crippen LogP contribution in [0.1, 0.15) is 11.1 Å². The van der Waals surface area contributed by atoms with Gasteiger partial charge in [0.25, 0.3) is 0 Å². The molecule has 0 aliphatic rings. The van der Waals surface area contributed by atoms with Gasteiger partial charge >= 0.3 is 0 Å². The predicted octanol–water partition coefficient (Wildman–Crippen LogP) is 3.82. The van der Waals surface area contributed by atoms with Crippen LogP contribution < -0.4 is 0 Å². The summed E-state index contributed by atoms with van der Waals surface area (Å²) in [5.74, 6) is 0. The number of ether oxygens (including phenoxy) is 1. The Balaban J connectivity index is 2.29. The Hall–Kier alpha value is -1.86. The summed E-state index contributed by atoms with van der Waals surface area (Å²) in [5, 5.41) is 0. The first-order valence-corrected chi connectivity index (χ1v) is 5.63. The summed E-state index contributed by atoms with van der Waals surface area (Å²) in [6.45, 7) is 4.19. The number of benzene rings is 2. The lowest BCUT2D eigenvalue weighted by Gasteiger charge is -2.16. The van der Waals surface area contributed by atoms with Gasteiger partial charge < -0.3 is 4.74 Å². The molecular weight excluding hydrogens is 208 g/mol. The van der Waals surface area contributed by atoms with Gasteiger partial charge in [-0.05, 0) is 11.1 Å². The topological polar surface area (TPSA) is 9.23 Å². The number of hydrogen-bond donors (Lipinski definition) is 0. The van der Waals surface area contributed by atoms with Gasteiger partial charge in [-0.1, -0.05) is 66.7 Å². The summed E-state index contributed by atoms with van der Waals surface area (Å²) < 4.78 is 5.76. The van der Waals surface area contributed by atoms with E-state index in [1.54, 1.807) is 6.08 Å². The minimum atomic E-state index is 0.513. The molecule has 0 atom stereocenters. The van der Waals surface area contributed by atoms with E-state index >= 15 is 0 Å². The van der Waals surface area contributed by atoms with Crippen LogP contribution in [0.2, 0.25) is 0 Å². The molecule has 1 radical (unpaired) electrons. The van der Waals surface area contributed by atoms with E-state index < -0.39 is 0 Å². The van der Waals surface area contributed by atoms with Gasteiger partial charge in [-0.3, -0.25) is 0 Å². The van der Waals surface area contributed by atoms with Crippen molar-refractivity contribution in [2.24, 2.45) is 0 Å². The van der Waals surface area contributed by atoms with Gasteiger partial charge in [0.05, 0.1) is 6.61 Å². The van der Waals surface area contributed by atoms with Crippen molar-refractivity contribution in [2.45, 2.75) is 0 Å². The summed E-state index contributed by atoms with van der Waals surface area (Å²) in [4.78, 5) is 0. The average molecular weight is 223 g/mol. The van der Waals surface area contributed by atoms with Crippen molar-refractivity contribution in [1.82, 2.24) is 0 Å². The molecule has 0 aliphatic heterocycles. The van der Waals surface area contributed by atoms with Crippen LogP contribution >= 0.6 is 0 Å². The van der Waals surface area contributed by atoms with Crippen LogP contribution in [-0.2, 0) is 4.74 Å². The Morgan fingerprint density at radius 1 is 0.882 bits per heavy atom. The smallest absolute Gasteiger partial charge is 0.156 e. The molecule has 0 saturated heterocycles. The Morgan fingerprint density at radius 3 is 1.76 bits per heavy atom. The van der Waals surface area contributed by atoms with Crippen LogP contribution in [0.3, 0.4) is 0 Å². The lowest BCUT2D eigenvalue weighted by Crippen LogP contribution is -2.07. The summed E-state index contributed by atoms with van der Waals surface area (Å²) in [5.41, 5.74) is 2.17. The van der Waals surface area contributed by atoms with E-state index in [0.29, 0.717) is 6.61 Å². The second-order valence-electron chi connectivity index (χ2n) is 3.66. The van der Waals surface area contributed by atoms with E-state index in [1.807, 2.05) is 60.7 Å². The summed E-state index contributed by atoms with van der Waals surface area (Å²) in [6.07, 6.45) is 2.65. The van der Waals surface area contributed by atoms with Crippen LogP contribution in [-0.4, -0.2) is 6.61 Å². The molecule has 2 rings (SSSR count). The van der Waals surface area contributed by atoms with E-state index in [-0.39, 0.29) is 0 Å². The molecule has 0 aliphatic carbocycles. The van der Waals surface area contributed by atoms with Crippen LogP contribution in [0.5, 0.6) is 0 Å². The molecule has 0 bridgehead atoms. The van der Waals surface area contributed by atoms with E-state index in [0.717, 1.165) is 17.2 Å². The molecule has 2 aromatic carbocycles. The monoisotopic (exact) mass is 223 g/mol. The zero-order valence-electron chi connectivity index (χ0n) is 9.67. The fourth-order valence-electron chi connectivity index (χ4n) is 1.65. The maximum Gasteiger partial charge on any atom is 0.156 e. The standard InChI is InChI=1S/C16H15O/c1-2-13-17-16(14-9-5-3-6-10-14)15-11-7-4-8-12-15/h2-12H,1,13H2. The molecule has 0 spiro atoms. The Morgan fingerprint density at radius 2 is 1.35 bits per heavy atom. The summed E-state index contributed by atoms with van der Waals surface area (Å²) in [7, 11) is 0. The van der Waals surface area contributed by atoms with Crippen molar-refractivity contribution in [3.63, 3.8) is 0 Å². The maximum absolute atomic E-state index is 5.76. The predicted molar refractivity (Wildman–Crippen MR) is 70.5 cm³/mol. The van der Waals surface area contributed by atoms with E-state index in [2.05, 4.69) is 6.58 Å². The molecule has 17 heavy (non-hydrogen) atoms. The first kappa shape index (κ1) is 11.6. The molecule has 0 saturated carbocycles. The maximum atomic E-state index is 5.76. The van der Waals surface area contributed by atoms with Crippen LogP contribution in [0.4, 0.5) is 0 Å². The van der Waals surface area contributed by atoms with E-state index in [4.69, 9.17) is 4.74 Å². The largest absolute Gasteiger partial charge is 0.358 e. The van der Waals surface area contributed by atoms with Crippen molar-refractivity contribution < 1.29 is 4.74 Å². The van der Waals surface area contributed by atoms with Gasteiger partial charge in [-0.2, -0.15) is 0 Å². The van der Waals surface area contributed by atoms with Crippen molar-refractivity contribution >= 4 is 0 Å². The van der Waals surface area contributed by atoms with E-state index in [9.17, 15) is 0 Å². The van der Waals surface area contributed by atoms with Crippen molar-refractivity contribution in [1.29, 1.82) is 0 Å². The highest BCUT2D eigenvalue weighted by molar-refractivity contribution is 5.41. The minimum Gasteiger partial charge on any atom is -0.358 e. The minimum absolute atomic E-state index is 0.513. The van der Waals surface area contributed by atoms with Crippen LogP contribution in [0.25, 0.3) is 0 Å². The molecule has 1 nitrogen and oxygen atoms in total. The second kappa shape index (κ2) is 6.02. The molecule has 0 N–H and O–H groups in total. The highest BCUT2D eigenvalue weighted by Gasteiger charge is 2.14. The molecular formula is C16H15O. The fourth-order valence-corrected chi connectivity index (χ4v) is 1.65. The van der Waals surface area contributed by atoms with Crippen LogP contribution in [0.15, 0.2) is 73.3 Å². The van der Waals surface area contributed by atoms with Gasteiger partial charge in [0.15, 0.2) is 6.10 Å². The van der Waals surface area contributed by atoms with Crippen LogP contribution in [0, 0.1) is 6.10 Å². The van der Waals surface area contributed by atoms with Gasteiger partial charge in [-0.25, -0.2) is 0 Å². The fraction of sp³-hybridized carbons (Fsp3) is 0.0625. The zero-order chi connectivity index (χ0) is 11.9. The third kappa shape index (κ3) is 3.05. The zero-order valence-corrected chi connectivity index (χ0v) is 9.67. The second-order valence-corrected chi connectivity index (χ2v) is 3.66. The Bertz CT molecular complexity index is 408. The van der Waals surface area contributed by atoms with E-state index in [1.165, 1.54) is 0 Å². The van der Waals surface area contributed by atoms with Crippen molar-refractivity contribution in [3.05, 3.63) is 90.5 Å². The molecule has 0 unspecified atom stereocenters. The normalized spacial score (nSPS) is 10.4. The third-order valence-electron chi connectivity index (χ3n) is 2.42. The lowest BCUT2D eigenvalue weighted by atomic mass is 10.0. The quantitative estimate of drug-likeness (QED) is 0.700. The highest BCUT2D eigenvalue weighted by atomic mass is 16.5. The lowest BCUT2D eigenvalue weighted by molar-refractivity contribution is 0.208. The van der Waals surface area contributed by atoms with Gasteiger partial charge in [0, 0.05) is 0 Å². The highest BCUT2D eigenvalue weighted by Crippen LogP contribution is 2.24. The van der Waals surface area contributed by atoms with Gasteiger partial charge in [0.2, 0.25) is 0 Å². The molecule has 0 heterocycles. The molecule has 2 aromatic rings. The molecule has 1 heteroatoms. The number of rotatable bonds is 5.